The van der Waals surface area contributed by atoms with Crippen LogP contribution < -0.4 is 5.73 Å². The molecular weight excluding hydrogens is 320 g/mol. The van der Waals surface area contributed by atoms with Gasteiger partial charge in [-0.15, -0.1) is 0 Å². The molecule has 1 aliphatic carbocycles. The zero-order chi connectivity index (χ0) is 18.1. The average Bonchev–Trinajstić information content (AvgIpc) is 3.20. The minimum Gasteiger partial charge on any atom is -0.435 e. The number of hydrogen-bond donors (Lipinski definition) is 1. The van der Waals surface area contributed by atoms with E-state index in [-0.39, 0.29) is 23.9 Å². The van der Waals surface area contributed by atoms with E-state index in [4.69, 9.17) is 10.2 Å². The highest BCUT2D eigenvalue weighted by Gasteiger charge is 2.37. The van der Waals surface area contributed by atoms with E-state index in [0.717, 1.165) is 25.8 Å². The molecule has 3 rings (SSSR count). The Morgan fingerprint density at radius 3 is 2.64 bits per heavy atom. The predicted octanol–water partition coefficient (Wildman–Crippen LogP) is 1.66. The second kappa shape index (κ2) is 7.15. The van der Waals surface area contributed by atoms with Gasteiger partial charge < -0.3 is 15.1 Å². The maximum atomic E-state index is 13.0. The summed E-state index contributed by atoms with van der Waals surface area (Å²) in [5, 5.41) is 0. The van der Waals surface area contributed by atoms with Crippen molar-refractivity contribution in [3.8, 4) is 0 Å². The van der Waals surface area contributed by atoms with E-state index >= 15 is 0 Å². The van der Waals surface area contributed by atoms with Crippen molar-refractivity contribution >= 4 is 11.8 Å². The van der Waals surface area contributed by atoms with E-state index in [1.54, 1.807) is 0 Å². The Labute approximate surface area is 148 Å². The number of carbonyl (C=O) groups excluding carboxylic acids is 2. The van der Waals surface area contributed by atoms with Crippen LogP contribution in [0.25, 0.3) is 0 Å². The summed E-state index contributed by atoms with van der Waals surface area (Å²) >= 11 is 0. The van der Waals surface area contributed by atoms with Crippen molar-refractivity contribution in [2.45, 2.75) is 64.5 Å². The zero-order valence-electron chi connectivity index (χ0n) is 15.3. The van der Waals surface area contributed by atoms with Gasteiger partial charge >= 0.3 is 0 Å². The summed E-state index contributed by atoms with van der Waals surface area (Å²) in [6.45, 7) is 7.81. The first-order valence-corrected chi connectivity index (χ1v) is 9.27. The third-order valence-electron chi connectivity index (χ3n) is 5.33. The number of likely N-dealkylation sites (N-methyl/N-ethyl adjacent to an activating group) is 1. The van der Waals surface area contributed by atoms with Gasteiger partial charge in [-0.3, -0.25) is 14.5 Å². The Kier molecular flexibility index (Phi) is 5.13. The molecule has 2 atom stereocenters. The molecule has 7 nitrogen and oxygen atoms in total. The summed E-state index contributed by atoms with van der Waals surface area (Å²) in [5.41, 5.74) is 6.17. The molecule has 2 amide bonds. The van der Waals surface area contributed by atoms with Gasteiger partial charge in [0.05, 0.1) is 11.7 Å². The predicted molar refractivity (Wildman–Crippen MR) is 93.2 cm³/mol. The first kappa shape index (κ1) is 17.9. The smallest absolute Gasteiger partial charge is 0.291 e. The molecule has 7 heteroatoms. The molecule has 0 spiro atoms. The number of carbonyl (C=O) groups is 2. The van der Waals surface area contributed by atoms with Crippen LogP contribution in [0.5, 0.6) is 0 Å². The van der Waals surface area contributed by atoms with Gasteiger partial charge in [-0.2, -0.15) is 0 Å². The van der Waals surface area contributed by atoms with Gasteiger partial charge in [0.1, 0.15) is 0 Å². The number of nitrogens with zero attached hydrogens (tertiary/aromatic N) is 3. The van der Waals surface area contributed by atoms with E-state index < -0.39 is 0 Å². The molecule has 2 aliphatic rings. The van der Waals surface area contributed by atoms with Crippen LogP contribution in [-0.2, 0) is 4.79 Å². The number of hydrogen-bond acceptors (Lipinski definition) is 5. The quantitative estimate of drug-likeness (QED) is 0.809. The summed E-state index contributed by atoms with van der Waals surface area (Å²) in [6.07, 6.45) is 3.71. The number of amides is 2. The Morgan fingerprint density at radius 2 is 2.08 bits per heavy atom. The summed E-state index contributed by atoms with van der Waals surface area (Å²) in [7, 11) is 0. The lowest BCUT2D eigenvalue weighted by atomic mass is 10.2. The number of oxazole rings is 1. The average molecular weight is 348 g/mol. The maximum absolute atomic E-state index is 13.0. The molecule has 2 fully saturated rings. The van der Waals surface area contributed by atoms with E-state index in [0.29, 0.717) is 42.8 Å². The zero-order valence-corrected chi connectivity index (χ0v) is 15.3. The molecule has 1 saturated carbocycles. The van der Waals surface area contributed by atoms with Crippen LogP contribution in [0.1, 0.15) is 67.6 Å². The fourth-order valence-electron chi connectivity index (χ4n) is 3.76. The number of rotatable bonds is 7. The van der Waals surface area contributed by atoms with Crippen LogP contribution in [0.3, 0.4) is 0 Å². The molecule has 1 aliphatic heterocycles. The van der Waals surface area contributed by atoms with Crippen molar-refractivity contribution in [2.75, 3.05) is 19.6 Å². The monoisotopic (exact) mass is 348 g/mol. The molecule has 138 valence electrons. The number of likely N-dealkylation sites (tertiary alicyclic amines) is 1. The van der Waals surface area contributed by atoms with Gasteiger partial charge in [0.25, 0.3) is 5.91 Å². The van der Waals surface area contributed by atoms with Gasteiger partial charge in [-0.05, 0) is 39.5 Å². The van der Waals surface area contributed by atoms with Gasteiger partial charge in [0.2, 0.25) is 11.7 Å². The second-order valence-electron chi connectivity index (χ2n) is 7.10. The Bertz CT molecular complexity index is 653. The lowest BCUT2D eigenvalue weighted by Crippen LogP contribution is -2.46. The van der Waals surface area contributed by atoms with Crippen molar-refractivity contribution < 1.29 is 14.0 Å². The molecular formula is C18H28N4O3. The summed E-state index contributed by atoms with van der Waals surface area (Å²) < 4.78 is 5.79. The Morgan fingerprint density at radius 1 is 1.36 bits per heavy atom. The van der Waals surface area contributed by atoms with Crippen molar-refractivity contribution in [3.63, 3.8) is 0 Å². The number of nitrogens with two attached hydrogens (primary N) is 1. The first-order chi connectivity index (χ1) is 12.0. The maximum Gasteiger partial charge on any atom is 0.291 e. The van der Waals surface area contributed by atoms with Gasteiger partial charge in [0.15, 0.2) is 5.89 Å². The summed E-state index contributed by atoms with van der Waals surface area (Å²) in [6, 6.07) is -0.188. The van der Waals surface area contributed by atoms with E-state index in [9.17, 15) is 9.59 Å². The van der Waals surface area contributed by atoms with E-state index in [1.165, 1.54) is 0 Å². The second-order valence-corrected chi connectivity index (χ2v) is 7.10. The molecule has 1 aromatic rings. The third kappa shape index (κ3) is 3.56. The van der Waals surface area contributed by atoms with Crippen molar-refractivity contribution in [1.82, 2.24) is 14.8 Å². The van der Waals surface area contributed by atoms with Crippen molar-refractivity contribution in [2.24, 2.45) is 5.73 Å². The van der Waals surface area contributed by atoms with Gasteiger partial charge in [0, 0.05) is 31.6 Å². The molecule has 1 aromatic heterocycles. The standard InChI is InChI=1S/C18H28N4O3/c1-4-14(16(19)23)21-9-8-13(10-21)22(5-2)18(24)15-11(3)20-17(25-15)12-6-7-12/h12-14H,4-10H2,1-3H3,(H2,19,23). The highest BCUT2D eigenvalue weighted by molar-refractivity contribution is 5.92. The van der Waals surface area contributed by atoms with Crippen molar-refractivity contribution in [3.05, 3.63) is 17.3 Å². The fraction of sp³-hybridized carbons (Fsp3) is 0.722. The molecule has 1 saturated heterocycles. The highest BCUT2D eigenvalue weighted by Crippen LogP contribution is 2.40. The topological polar surface area (TPSA) is 92.7 Å². The Balaban J connectivity index is 1.72. The van der Waals surface area contributed by atoms with Crippen LogP contribution in [0.15, 0.2) is 4.42 Å². The summed E-state index contributed by atoms with van der Waals surface area (Å²) in [4.78, 5) is 33.0. The largest absolute Gasteiger partial charge is 0.435 e. The van der Waals surface area contributed by atoms with E-state index in [2.05, 4.69) is 9.88 Å². The number of primary amides is 1. The lowest BCUT2D eigenvalue weighted by molar-refractivity contribution is -0.123. The van der Waals surface area contributed by atoms with Crippen LogP contribution in [0, 0.1) is 6.92 Å². The van der Waals surface area contributed by atoms with Crippen LogP contribution in [-0.4, -0.2) is 58.3 Å². The molecule has 0 radical (unpaired) electrons. The first-order valence-electron chi connectivity index (χ1n) is 9.27. The minimum atomic E-state index is -0.294. The molecule has 0 aromatic carbocycles. The van der Waals surface area contributed by atoms with Gasteiger partial charge in [-0.25, -0.2) is 4.98 Å². The van der Waals surface area contributed by atoms with Crippen LogP contribution >= 0.6 is 0 Å². The third-order valence-corrected chi connectivity index (χ3v) is 5.33. The normalized spacial score (nSPS) is 22.1. The fourth-order valence-corrected chi connectivity index (χ4v) is 3.76. The number of aromatic nitrogens is 1. The van der Waals surface area contributed by atoms with Crippen LogP contribution in [0.2, 0.25) is 0 Å². The summed E-state index contributed by atoms with van der Waals surface area (Å²) in [5.74, 6) is 1.06. The SMILES string of the molecule is CCC(C(N)=O)N1CCC(N(CC)C(=O)c2oc(C3CC3)nc2C)C1. The highest BCUT2D eigenvalue weighted by atomic mass is 16.4. The molecule has 2 heterocycles. The molecule has 0 bridgehead atoms. The van der Waals surface area contributed by atoms with Crippen molar-refractivity contribution in [1.29, 1.82) is 0 Å². The molecule has 25 heavy (non-hydrogen) atoms. The van der Waals surface area contributed by atoms with E-state index in [1.807, 2.05) is 25.7 Å². The molecule has 2 N–H and O–H groups in total. The van der Waals surface area contributed by atoms with Gasteiger partial charge in [-0.1, -0.05) is 6.92 Å². The minimum absolute atomic E-state index is 0.0692. The molecule has 2 unspecified atom stereocenters. The lowest BCUT2D eigenvalue weighted by Gasteiger charge is -2.29. The van der Waals surface area contributed by atoms with Crippen LogP contribution in [0.4, 0.5) is 0 Å². The number of aryl methyl sites for hydroxylation is 1. The Hall–Kier alpha value is -1.89.